The lowest BCUT2D eigenvalue weighted by Gasteiger charge is -2.32. The van der Waals surface area contributed by atoms with E-state index in [0.29, 0.717) is 25.7 Å². The second kappa shape index (κ2) is 6.43. The van der Waals surface area contributed by atoms with Crippen LogP contribution in [0.25, 0.3) is 0 Å². The molecule has 0 spiro atoms. The highest BCUT2D eigenvalue weighted by Gasteiger charge is 2.44. The van der Waals surface area contributed by atoms with Gasteiger partial charge in [-0.1, -0.05) is 6.92 Å². The van der Waals surface area contributed by atoms with Crippen LogP contribution in [0, 0.1) is 5.92 Å². The summed E-state index contributed by atoms with van der Waals surface area (Å²) in [5.74, 6) is 0.574. The smallest absolute Gasteiger partial charge is 0.0701 e. The third-order valence-electron chi connectivity index (χ3n) is 2.96. The lowest BCUT2D eigenvalue weighted by atomic mass is 9.95. The van der Waals surface area contributed by atoms with Crippen LogP contribution in [0.2, 0.25) is 0 Å². The van der Waals surface area contributed by atoms with E-state index in [0.717, 1.165) is 6.54 Å². The maximum absolute atomic E-state index is 9.50. The van der Waals surface area contributed by atoms with Gasteiger partial charge >= 0.3 is 0 Å². The first-order valence-electron chi connectivity index (χ1n) is 5.71. The molecule has 4 heteroatoms. The van der Waals surface area contributed by atoms with Crippen molar-refractivity contribution in [1.82, 2.24) is 5.32 Å². The Hall–Kier alpha value is -0.160. The van der Waals surface area contributed by atoms with Gasteiger partial charge in [-0.05, 0) is 25.3 Å². The summed E-state index contributed by atoms with van der Waals surface area (Å²) in [6.45, 7) is 4.85. The summed E-state index contributed by atoms with van der Waals surface area (Å²) < 4.78 is 10.5. The minimum absolute atomic E-state index is 0.151. The molecule has 1 fully saturated rings. The zero-order valence-electron chi connectivity index (χ0n) is 9.79. The number of likely N-dealkylation sites (N-methyl/N-ethyl adjacent to an activating group) is 1. The van der Waals surface area contributed by atoms with E-state index >= 15 is 0 Å². The van der Waals surface area contributed by atoms with Crippen molar-refractivity contribution in [1.29, 1.82) is 0 Å². The molecule has 0 radical (unpaired) electrons. The SMILES string of the molecule is CCNC(CO)(COCCOC)C1CC1. The Kier molecular flexibility index (Phi) is 5.53. The minimum atomic E-state index is -0.220. The molecular weight excluding hydrogens is 194 g/mol. The highest BCUT2D eigenvalue weighted by atomic mass is 16.5. The van der Waals surface area contributed by atoms with Crippen molar-refractivity contribution in [2.75, 3.05) is 40.1 Å². The summed E-state index contributed by atoms with van der Waals surface area (Å²) in [7, 11) is 1.66. The van der Waals surface area contributed by atoms with Crippen LogP contribution < -0.4 is 5.32 Å². The standard InChI is InChI=1S/C11H23NO3/c1-3-12-11(8-13,10-4-5-10)9-15-7-6-14-2/h10,12-13H,3-9H2,1-2H3. The molecule has 15 heavy (non-hydrogen) atoms. The van der Waals surface area contributed by atoms with Gasteiger partial charge in [0.25, 0.3) is 0 Å². The molecule has 1 saturated carbocycles. The van der Waals surface area contributed by atoms with E-state index in [1.54, 1.807) is 7.11 Å². The Morgan fingerprint density at radius 1 is 1.40 bits per heavy atom. The van der Waals surface area contributed by atoms with E-state index in [1.165, 1.54) is 12.8 Å². The summed E-state index contributed by atoms with van der Waals surface area (Å²) in [4.78, 5) is 0. The van der Waals surface area contributed by atoms with Crippen molar-refractivity contribution in [2.24, 2.45) is 5.92 Å². The van der Waals surface area contributed by atoms with Crippen LogP contribution in [0.4, 0.5) is 0 Å². The molecule has 1 atom stereocenters. The van der Waals surface area contributed by atoms with Crippen LogP contribution in [-0.4, -0.2) is 50.7 Å². The van der Waals surface area contributed by atoms with Crippen LogP contribution in [0.5, 0.6) is 0 Å². The maximum atomic E-state index is 9.50. The molecule has 0 saturated heterocycles. The number of hydrogen-bond donors (Lipinski definition) is 2. The average Bonchev–Trinajstić information content (AvgIpc) is 3.07. The van der Waals surface area contributed by atoms with E-state index in [2.05, 4.69) is 12.2 Å². The zero-order chi connectivity index (χ0) is 11.1. The lowest BCUT2D eigenvalue weighted by molar-refractivity contribution is 0.00436. The molecule has 90 valence electrons. The van der Waals surface area contributed by atoms with E-state index < -0.39 is 0 Å². The topological polar surface area (TPSA) is 50.7 Å². The molecule has 4 nitrogen and oxygen atoms in total. The molecule has 1 aliphatic carbocycles. The van der Waals surface area contributed by atoms with Gasteiger partial charge in [-0.2, -0.15) is 0 Å². The molecule has 1 unspecified atom stereocenters. The third kappa shape index (κ3) is 3.72. The summed E-state index contributed by atoms with van der Waals surface area (Å²) >= 11 is 0. The van der Waals surface area contributed by atoms with Gasteiger partial charge in [-0.15, -0.1) is 0 Å². The van der Waals surface area contributed by atoms with Crippen molar-refractivity contribution >= 4 is 0 Å². The number of nitrogens with one attached hydrogen (secondary N) is 1. The fraction of sp³-hybridized carbons (Fsp3) is 1.00. The first-order valence-corrected chi connectivity index (χ1v) is 5.71. The Labute approximate surface area is 92.0 Å². The van der Waals surface area contributed by atoms with Gasteiger partial charge < -0.3 is 19.9 Å². The fourth-order valence-electron chi connectivity index (χ4n) is 1.93. The summed E-state index contributed by atoms with van der Waals surface area (Å²) in [5.41, 5.74) is -0.220. The normalized spacial score (nSPS) is 20.2. The molecule has 0 amide bonds. The van der Waals surface area contributed by atoms with Crippen molar-refractivity contribution in [3.63, 3.8) is 0 Å². The van der Waals surface area contributed by atoms with Gasteiger partial charge in [0, 0.05) is 7.11 Å². The quantitative estimate of drug-likeness (QED) is 0.549. The first kappa shape index (κ1) is 12.9. The van der Waals surface area contributed by atoms with Gasteiger partial charge in [0.1, 0.15) is 0 Å². The fourth-order valence-corrected chi connectivity index (χ4v) is 1.93. The van der Waals surface area contributed by atoms with Gasteiger partial charge in [-0.25, -0.2) is 0 Å². The molecule has 0 aromatic carbocycles. The number of aliphatic hydroxyl groups is 1. The Bertz CT molecular complexity index is 173. The number of rotatable bonds is 9. The lowest BCUT2D eigenvalue weighted by Crippen LogP contribution is -2.54. The maximum Gasteiger partial charge on any atom is 0.0701 e. The average molecular weight is 217 g/mol. The highest BCUT2D eigenvalue weighted by Crippen LogP contribution is 2.39. The van der Waals surface area contributed by atoms with Crippen LogP contribution in [0.3, 0.4) is 0 Å². The van der Waals surface area contributed by atoms with Crippen LogP contribution in [-0.2, 0) is 9.47 Å². The zero-order valence-corrected chi connectivity index (χ0v) is 9.79. The first-order chi connectivity index (χ1) is 7.29. The van der Waals surface area contributed by atoms with E-state index in [1.807, 2.05) is 0 Å². The van der Waals surface area contributed by atoms with E-state index in [-0.39, 0.29) is 12.1 Å². The molecule has 0 heterocycles. The van der Waals surface area contributed by atoms with Crippen LogP contribution in [0.15, 0.2) is 0 Å². The molecule has 0 aromatic rings. The monoisotopic (exact) mass is 217 g/mol. The Morgan fingerprint density at radius 2 is 2.13 bits per heavy atom. The van der Waals surface area contributed by atoms with Gasteiger partial charge in [-0.3, -0.25) is 0 Å². The van der Waals surface area contributed by atoms with Crippen LogP contribution >= 0.6 is 0 Å². The second-order valence-electron chi connectivity index (χ2n) is 4.16. The molecule has 1 aliphatic rings. The predicted octanol–water partition coefficient (Wildman–Crippen LogP) is 0.400. The third-order valence-corrected chi connectivity index (χ3v) is 2.96. The summed E-state index contributed by atoms with van der Waals surface area (Å²) in [5, 5.41) is 12.9. The Morgan fingerprint density at radius 3 is 2.60 bits per heavy atom. The number of hydrogen-bond acceptors (Lipinski definition) is 4. The van der Waals surface area contributed by atoms with Gasteiger partial charge in [0.2, 0.25) is 0 Å². The summed E-state index contributed by atoms with van der Waals surface area (Å²) in [6, 6.07) is 0. The van der Waals surface area contributed by atoms with Crippen LogP contribution in [0.1, 0.15) is 19.8 Å². The molecule has 1 rings (SSSR count). The number of aliphatic hydroxyl groups excluding tert-OH is 1. The van der Waals surface area contributed by atoms with Crippen molar-refractivity contribution in [3.05, 3.63) is 0 Å². The van der Waals surface area contributed by atoms with Crippen molar-refractivity contribution in [2.45, 2.75) is 25.3 Å². The number of ether oxygens (including phenoxy) is 2. The van der Waals surface area contributed by atoms with E-state index in [9.17, 15) is 5.11 Å². The predicted molar refractivity (Wildman–Crippen MR) is 58.9 cm³/mol. The molecule has 0 aliphatic heterocycles. The highest BCUT2D eigenvalue weighted by molar-refractivity contribution is 5.00. The van der Waals surface area contributed by atoms with E-state index in [4.69, 9.17) is 9.47 Å². The van der Waals surface area contributed by atoms with Gasteiger partial charge in [0.05, 0.1) is 32.0 Å². The van der Waals surface area contributed by atoms with Gasteiger partial charge in [0.15, 0.2) is 0 Å². The molecule has 0 aromatic heterocycles. The second-order valence-corrected chi connectivity index (χ2v) is 4.16. The summed E-state index contributed by atoms with van der Waals surface area (Å²) in [6.07, 6.45) is 2.39. The molecule has 2 N–H and O–H groups in total. The largest absolute Gasteiger partial charge is 0.394 e. The number of methoxy groups -OCH3 is 1. The Balaban J connectivity index is 2.33. The molecule has 0 bridgehead atoms. The molecular formula is C11H23NO3. The van der Waals surface area contributed by atoms with Crippen molar-refractivity contribution in [3.8, 4) is 0 Å². The van der Waals surface area contributed by atoms with Crippen molar-refractivity contribution < 1.29 is 14.6 Å². The minimum Gasteiger partial charge on any atom is -0.394 e.